The van der Waals surface area contributed by atoms with Crippen molar-refractivity contribution in [3.8, 4) is 0 Å². The zero-order valence-electron chi connectivity index (χ0n) is 26.6. The molecule has 3 aliphatic carbocycles. The second-order valence-electron chi connectivity index (χ2n) is 12.1. The fraction of sp³-hybridized carbons (Fsp3) is 0.167. The van der Waals surface area contributed by atoms with Gasteiger partial charge in [0.25, 0.3) is 0 Å². The normalized spacial score (nSPS) is 18.6. The average molecular weight is 614 g/mol. The van der Waals surface area contributed by atoms with Gasteiger partial charge in [-0.25, -0.2) is 4.99 Å². The largest absolute Gasteiger partial charge is 0.383 e. The molecule has 2 N–H and O–H groups in total. The Kier molecular flexibility index (Phi) is 8.87. The number of nitrogens with zero attached hydrogens (tertiary/aromatic N) is 4. The molecule has 0 amide bonds. The second kappa shape index (κ2) is 13.8. The maximum absolute atomic E-state index is 6.63. The monoisotopic (exact) mass is 613 g/mol. The third-order valence-corrected chi connectivity index (χ3v) is 8.91. The molecule has 0 fully saturated rings. The van der Waals surface area contributed by atoms with E-state index in [0.29, 0.717) is 18.2 Å². The number of aromatic nitrogens is 1. The predicted molar refractivity (Wildman–Crippen MR) is 198 cm³/mol. The summed E-state index contributed by atoms with van der Waals surface area (Å²) in [6.45, 7) is 4.90. The van der Waals surface area contributed by atoms with E-state index in [1.165, 1.54) is 16.7 Å². The Labute approximate surface area is 277 Å². The Balaban J connectivity index is 1.16. The summed E-state index contributed by atoms with van der Waals surface area (Å²) in [5.74, 6) is 1.07. The number of amidine groups is 2. The van der Waals surface area contributed by atoms with Crippen LogP contribution < -0.4 is 10.6 Å². The Morgan fingerprint density at radius 1 is 0.851 bits per heavy atom. The molecule has 0 bridgehead atoms. The number of rotatable bonds is 6. The number of hydrogen-bond donors (Lipinski definition) is 1. The Morgan fingerprint density at radius 2 is 1.70 bits per heavy atom. The predicted octanol–water partition coefficient (Wildman–Crippen LogP) is 9.72. The lowest BCUT2D eigenvalue weighted by Crippen LogP contribution is -2.17. The van der Waals surface area contributed by atoms with Gasteiger partial charge in [0.1, 0.15) is 5.84 Å². The van der Waals surface area contributed by atoms with Crippen LogP contribution in [0.2, 0.25) is 0 Å². The van der Waals surface area contributed by atoms with Crippen molar-refractivity contribution in [2.75, 3.05) is 4.90 Å². The van der Waals surface area contributed by atoms with Gasteiger partial charge in [0.15, 0.2) is 5.84 Å². The van der Waals surface area contributed by atoms with E-state index in [4.69, 9.17) is 20.7 Å². The summed E-state index contributed by atoms with van der Waals surface area (Å²) in [5, 5.41) is 0. The summed E-state index contributed by atoms with van der Waals surface area (Å²) in [4.78, 5) is 16.8. The van der Waals surface area contributed by atoms with E-state index >= 15 is 0 Å². The SMILES string of the molecule is C=C1C2=C(C=CCC2)/C=C\N(c2ccc(CN=C(N=C(N)c3cccc(C4=CCCC=C4)c3)C3=CCCC=C3)nc2)c2ccccc21. The van der Waals surface area contributed by atoms with E-state index < -0.39 is 0 Å². The summed E-state index contributed by atoms with van der Waals surface area (Å²) < 4.78 is 0. The number of fused-ring (bicyclic) bond motifs is 1. The molecule has 2 aromatic carbocycles. The summed E-state index contributed by atoms with van der Waals surface area (Å²) >= 11 is 0. The lowest BCUT2D eigenvalue weighted by Gasteiger charge is -2.28. The second-order valence-corrected chi connectivity index (χ2v) is 12.1. The minimum absolute atomic E-state index is 0.388. The molecule has 0 unspecified atom stereocenters. The van der Waals surface area contributed by atoms with Crippen molar-refractivity contribution in [2.24, 2.45) is 15.7 Å². The Morgan fingerprint density at radius 3 is 2.51 bits per heavy atom. The summed E-state index contributed by atoms with van der Waals surface area (Å²) in [6.07, 6.45) is 29.9. The zero-order valence-corrected chi connectivity index (χ0v) is 26.6. The van der Waals surface area contributed by atoms with Gasteiger partial charge in [-0.15, -0.1) is 0 Å². The molecule has 0 atom stereocenters. The molecule has 232 valence electrons. The molecule has 5 heteroatoms. The fourth-order valence-corrected chi connectivity index (χ4v) is 6.37. The lowest BCUT2D eigenvalue weighted by molar-refractivity contribution is 0.976. The fourth-order valence-electron chi connectivity index (χ4n) is 6.37. The molecular formula is C42H39N5. The van der Waals surface area contributed by atoms with Crippen LogP contribution in [0.25, 0.3) is 11.1 Å². The van der Waals surface area contributed by atoms with Gasteiger partial charge in [-0.2, -0.15) is 0 Å². The number of para-hydroxylation sites is 1. The maximum Gasteiger partial charge on any atom is 0.157 e. The van der Waals surface area contributed by atoms with Crippen LogP contribution in [0.15, 0.2) is 161 Å². The molecule has 0 radical (unpaired) electrons. The van der Waals surface area contributed by atoms with Gasteiger partial charge in [0.05, 0.1) is 29.8 Å². The molecule has 5 nitrogen and oxygen atoms in total. The third kappa shape index (κ3) is 6.70. The minimum Gasteiger partial charge on any atom is -0.383 e. The van der Waals surface area contributed by atoms with E-state index in [1.807, 2.05) is 24.4 Å². The Bertz CT molecular complexity index is 1970. The zero-order chi connectivity index (χ0) is 32.0. The quantitative estimate of drug-likeness (QED) is 0.222. The Hall–Kier alpha value is -5.55. The first kappa shape index (κ1) is 30.1. The van der Waals surface area contributed by atoms with Gasteiger partial charge in [-0.3, -0.25) is 9.98 Å². The number of pyridine rings is 1. The summed E-state index contributed by atoms with van der Waals surface area (Å²) in [5.41, 5.74) is 18.5. The first-order chi connectivity index (χ1) is 23.1. The van der Waals surface area contributed by atoms with Gasteiger partial charge < -0.3 is 10.6 Å². The highest BCUT2D eigenvalue weighted by Crippen LogP contribution is 2.40. The molecule has 0 spiro atoms. The van der Waals surface area contributed by atoms with E-state index in [9.17, 15) is 0 Å². The number of allylic oxidation sites excluding steroid dienone is 12. The van der Waals surface area contributed by atoms with Crippen LogP contribution in [0.5, 0.6) is 0 Å². The molecule has 1 aliphatic heterocycles. The lowest BCUT2D eigenvalue weighted by atomic mass is 9.87. The summed E-state index contributed by atoms with van der Waals surface area (Å²) in [6, 6.07) is 20.9. The van der Waals surface area contributed by atoms with Crippen molar-refractivity contribution in [3.63, 3.8) is 0 Å². The highest BCUT2D eigenvalue weighted by Gasteiger charge is 2.20. The number of anilines is 2. The van der Waals surface area contributed by atoms with Gasteiger partial charge in [0.2, 0.25) is 0 Å². The van der Waals surface area contributed by atoms with E-state index in [-0.39, 0.29) is 0 Å². The third-order valence-electron chi connectivity index (χ3n) is 8.91. The average Bonchev–Trinajstić information content (AvgIpc) is 3.14. The van der Waals surface area contributed by atoms with Crippen LogP contribution in [-0.4, -0.2) is 16.7 Å². The molecule has 7 rings (SSSR count). The molecule has 3 aromatic rings. The molecular weight excluding hydrogens is 574 g/mol. The number of hydrogen-bond acceptors (Lipinski definition) is 3. The molecule has 2 heterocycles. The van der Waals surface area contributed by atoms with Crippen LogP contribution in [-0.2, 0) is 6.54 Å². The van der Waals surface area contributed by atoms with Gasteiger partial charge in [0, 0.05) is 22.9 Å². The number of benzene rings is 2. The van der Waals surface area contributed by atoms with Crippen LogP contribution in [0.3, 0.4) is 0 Å². The first-order valence-electron chi connectivity index (χ1n) is 16.5. The molecule has 0 saturated carbocycles. The van der Waals surface area contributed by atoms with Crippen molar-refractivity contribution in [3.05, 3.63) is 173 Å². The van der Waals surface area contributed by atoms with E-state index in [1.54, 1.807) is 0 Å². The van der Waals surface area contributed by atoms with Crippen LogP contribution in [0.1, 0.15) is 60.9 Å². The van der Waals surface area contributed by atoms with Gasteiger partial charge in [-0.05, 0) is 96.7 Å². The van der Waals surface area contributed by atoms with Crippen molar-refractivity contribution >= 4 is 34.2 Å². The van der Waals surface area contributed by atoms with Crippen LogP contribution in [0, 0.1) is 0 Å². The number of aliphatic imine (C=N–C) groups is 2. The van der Waals surface area contributed by atoms with Gasteiger partial charge in [-0.1, -0.05) is 91.6 Å². The maximum atomic E-state index is 6.63. The smallest absolute Gasteiger partial charge is 0.157 e. The van der Waals surface area contributed by atoms with Crippen molar-refractivity contribution in [1.82, 2.24) is 4.98 Å². The molecule has 4 aliphatic rings. The number of nitrogens with two attached hydrogens (primary N) is 1. The molecule has 1 aromatic heterocycles. The molecule has 0 saturated heterocycles. The van der Waals surface area contributed by atoms with Crippen LogP contribution in [0.4, 0.5) is 11.4 Å². The highest BCUT2D eigenvalue weighted by molar-refractivity contribution is 6.12. The minimum atomic E-state index is 0.388. The standard InChI is InChI=1S/C42H39N5/c1-30-38-20-9-8-15-32(38)25-26-47(40-22-11-10-21-39(30)40)37-24-23-36(44-29-37)28-45-42(33-16-6-3-7-17-33)46-41(43)35-19-12-18-34(27-35)31-13-4-2-5-14-31/h4,6,8,10-19,21-27,29H,1-3,5,7,9,20,28H2,(H2,43,45,46)/b26-25-. The topological polar surface area (TPSA) is 66.9 Å². The van der Waals surface area contributed by atoms with Crippen molar-refractivity contribution < 1.29 is 0 Å². The van der Waals surface area contributed by atoms with Crippen molar-refractivity contribution in [1.29, 1.82) is 0 Å². The summed E-state index contributed by atoms with van der Waals surface area (Å²) in [7, 11) is 0. The van der Waals surface area contributed by atoms with E-state index in [2.05, 4.69) is 115 Å². The van der Waals surface area contributed by atoms with E-state index in [0.717, 1.165) is 83.4 Å². The van der Waals surface area contributed by atoms with Crippen LogP contribution >= 0.6 is 0 Å². The van der Waals surface area contributed by atoms with Gasteiger partial charge >= 0.3 is 0 Å². The van der Waals surface area contributed by atoms with Crippen molar-refractivity contribution in [2.45, 2.75) is 45.1 Å². The molecule has 47 heavy (non-hydrogen) atoms. The highest BCUT2D eigenvalue weighted by atomic mass is 15.1. The first-order valence-corrected chi connectivity index (χ1v) is 16.5.